The number of aromatic nitrogens is 1. The van der Waals surface area contributed by atoms with Crippen LogP contribution in [0.15, 0.2) is 30.3 Å². The van der Waals surface area contributed by atoms with E-state index in [9.17, 15) is 9.59 Å². The van der Waals surface area contributed by atoms with Crippen LogP contribution in [0.5, 0.6) is 0 Å². The summed E-state index contributed by atoms with van der Waals surface area (Å²) in [6.45, 7) is 9.46. The van der Waals surface area contributed by atoms with Gasteiger partial charge in [-0.05, 0) is 58.4 Å². The molecule has 1 atom stereocenters. The predicted octanol–water partition coefficient (Wildman–Crippen LogP) is 4.37. The highest BCUT2D eigenvalue weighted by Crippen LogP contribution is 2.21. The first-order chi connectivity index (χ1) is 12.2. The van der Waals surface area contributed by atoms with Crippen molar-refractivity contribution in [3.63, 3.8) is 0 Å². The van der Waals surface area contributed by atoms with Crippen LogP contribution in [-0.2, 0) is 9.53 Å². The Bertz CT molecular complexity index is 811. The first kappa shape index (κ1) is 20.0. The fourth-order valence-electron chi connectivity index (χ4n) is 3.13. The van der Waals surface area contributed by atoms with Crippen molar-refractivity contribution in [2.24, 2.45) is 0 Å². The summed E-state index contributed by atoms with van der Waals surface area (Å²) in [5.41, 5.74) is 3.21. The van der Waals surface area contributed by atoms with Gasteiger partial charge in [0.2, 0.25) is 0 Å². The number of esters is 1. The second-order valence-corrected chi connectivity index (χ2v) is 7.11. The highest BCUT2D eigenvalue weighted by Gasteiger charge is 2.19. The molecule has 0 aliphatic heterocycles. The summed E-state index contributed by atoms with van der Waals surface area (Å²) in [5.74, 6) is -0.848. The van der Waals surface area contributed by atoms with Crippen LogP contribution in [0, 0.1) is 13.8 Å². The lowest BCUT2D eigenvalue weighted by molar-refractivity contribution is -0.124. The first-order valence-electron chi connectivity index (χ1n) is 8.61. The molecule has 0 bridgehead atoms. The molecule has 2 aromatic rings. The van der Waals surface area contributed by atoms with Crippen LogP contribution in [0.3, 0.4) is 0 Å². The number of carbonyl (C=O) groups excluding carboxylic acids is 2. The summed E-state index contributed by atoms with van der Waals surface area (Å²) < 4.78 is 7.26. The van der Waals surface area contributed by atoms with E-state index in [1.807, 2.05) is 32.9 Å². The fourth-order valence-corrected chi connectivity index (χ4v) is 3.33. The Labute approximate surface area is 159 Å². The zero-order valence-electron chi connectivity index (χ0n) is 15.8. The lowest BCUT2D eigenvalue weighted by atomic mass is 10.1. The van der Waals surface area contributed by atoms with Crippen LogP contribution in [-0.4, -0.2) is 23.1 Å². The molecule has 6 heteroatoms. The van der Waals surface area contributed by atoms with Gasteiger partial charge in [0, 0.05) is 22.5 Å². The lowest BCUT2D eigenvalue weighted by Crippen LogP contribution is -2.31. The Morgan fingerprint density at radius 1 is 1.19 bits per heavy atom. The van der Waals surface area contributed by atoms with E-state index in [-0.39, 0.29) is 24.6 Å². The molecule has 1 N–H and O–H groups in total. The number of carbonyl (C=O) groups is 2. The minimum Gasteiger partial charge on any atom is -0.452 e. The van der Waals surface area contributed by atoms with Crippen molar-refractivity contribution < 1.29 is 14.3 Å². The number of aryl methyl sites for hydroxylation is 1. The summed E-state index contributed by atoms with van der Waals surface area (Å²) in [5, 5.41) is 3.41. The van der Waals surface area contributed by atoms with Crippen molar-refractivity contribution in [2.75, 3.05) is 6.61 Å². The summed E-state index contributed by atoms with van der Waals surface area (Å²) in [6, 6.07) is 9.08. The molecular formula is C20H25ClN2O3. The highest BCUT2D eigenvalue weighted by atomic mass is 35.5. The summed E-state index contributed by atoms with van der Waals surface area (Å²) in [4.78, 5) is 24.4. The van der Waals surface area contributed by atoms with Gasteiger partial charge < -0.3 is 14.6 Å². The van der Waals surface area contributed by atoms with Gasteiger partial charge in [-0.15, -0.1) is 0 Å². The summed E-state index contributed by atoms with van der Waals surface area (Å²) in [6.07, 6.45) is 0. The number of hydrogen-bond acceptors (Lipinski definition) is 3. The minimum absolute atomic E-state index is 0.231. The second-order valence-electron chi connectivity index (χ2n) is 6.67. The quantitative estimate of drug-likeness (QED) is 0.761. The maximum atomic E-state index is 12.3. The van der Waals surface area contributed by atoms with Crippen LogP contribution in [0.4, 0.5) is 0 Å². The molecule has 0 saturated heterocycles. The Morgan fingerprint density at radius 2 is 1.88 bits per heavy atom. The van der Waals surface area contributed by atoms with Crippen molar-refractivity contribution in [3.8, 4) is 0 Å². The van der Waals surface area contributed by atoms with Crippen LogP contribution in [0.1, 0.15) is 60.2 Å². The van der Waals surface area contributed by atoms with E-state index in [4.69, 9.17) is 16.3 Å². The monoisotopic (exact) mass is 376 g/mol. The molecule has 1 amide bonds. The lowest BCUT2D eigenvalue weighted by Gasteiger charge is -2.15. The number of nitrogens with one attached hydrogen (secondary N) is 1. The third-order valence-electron chi connectivity index (χ3n) is 4.28. The van der Waals surface area contributed by atoms with E-state index in [2.05, 4.69) is 23.7 Å². The fraction of sp³-hybridized carbons (Fsp3) is 0.400. The third-order valence-corrected chi connectivity index (χ3v) is 4.52. The molecule has 1 heterocycles. The Hall–Kier alpha value is -2.27. The van der Waals surface area contributed by atoms with E-state index in [0.29, 0.717) is 10.6 Å². The Morgan fingerprint density at radius 3 is 2.46 bits per heavy atom. The van der Waals surface area contributed by atoms with Crippen molar-refractivity contribution in [1.29, 1.82) is 0 Å². The van der Waals surface area contributed by atoms with Crippen LogP contribution in [0.2, 0.25) is 5.02 Å². The molecule has 1 aromatic heterocycles. The van der Waals surface area contributed by atoms with E-state index >= 15 is 0 Å². The van der Waals surface area contributed by atoms with E-state index in [1.54, 1.807) is 18.2 Å². The van der Waals surface area contributed by atoms with Crippen LogP contribution in [0.25, 0.3) is 0 Å². The summed E-state index contributed by atoms with van der Waals surface area (Å²) >= 11 is 5.96. The van der Waals surface area contributed by atoms with Gasteiger partial charge in [0.1, 0.15) is 0 Å². The number of benzene rings is 1. The number of amides is 1. The number of nitrogens with zero attached hydrogens (tertiary/aromatic N) is 1. The molecule has 0 spiro atoms. The topological polar surface area (TPSA) is 60.3 Å². The van der Waals surface area contributed by atoms with Crippen molar-refractivity contribution in [1.82, 2.24) is 9.88 Å². The zero-order chi connectivity index (χ0) is 19.4. The smallest absolute Gasteiger partial charge is 0.340 e. The molecule has 0 radical (unpaired) electrons. The number of rotatable bonds is 6. The van der Waals surface area contributed by atoms with E-state index in [1.165, 1.54) is 0 Å². The van der Waals surface area contributed by atoms with Gasteiger partial charge in [-0.1, -0.05) is 23.7 Å². The standard InChI is InChI=1S/C20H25ClN2O3/c1-12(2)23-13(3)9-18(15(23)5)20(25)26-11-19(24)22-14(4)16-7-6-8-17(21)10-16/h6-10,12,14H,11H2,1-5H3,(H,22,24)/t14-/m1/s1. The second kappa shape index (κ2) is 8.41. The molecule has 0 aliphatic rings. The molecule has 26 heavy (non-hydrogen) atoms. The Kier molecular flexibility index (Phi) is 6.48. The van der Waals surface area contributed by atoms with Gasteiger partial charge in [0.25, 0.3) is 5.91 Å². The zero-order valence-corrected chi connectivity index (χ0v) is 16.6. The maximum absolute atomic E-state index is 12.3. The molecular weight excluding hydrogens is 352 g/mol. The maximum Gasteiger partial charge on any atom is 0.340 e. The van der Waals surface area contributed by atoms with Gasteiger partial charge in [-0.2, -0.15) is 0 Å². The SMILES string of the molecule is Cc1cc(C(=O)OCC(=O)N[C@H](C)c2cccc(Cl)c2)c(C)n1C(C)C. The first-order valence-corrected chi connectivity index (χ1v) is 8.99. The van der Waals surface area contributed by atoms with Gasteiger partial charge in [-0.3, -0.25) is 4.79 Å². The number of hydrogen-bond donors (Lipinski definition) is 1. The molecule has 5 nitrogen and oxygen atoms in total. The molecule has 0 aliphatic carbocycles. The van der Waals surface area contributed by atoms with Crippen LogP contribution >= 0.6 is 11.6 Å². The van der Waals surface area contributed by atoms with Gasteiger partial charge in [0.05, 0.1) is 11.6 Å². The predicted molar refractivity (Wildman–Crippen MR) is 103 cm³/mol. The average Bonchev–Trinajstić information content (AvgIpc) is 2.87. The molecule has 1 aromatic carbocycles. The normalized spacial score (nSPS) is 12.1. The number of ether oxygens (including phenoxy) is 1. The molecule has 140 valence electrons. The van der Waals surface area contributed by atoms with E-state index in [0.717, 1.165) is 17.0 Å². The minimum atomic E-state index is -0.490. The molecule has 0 fully saturated rings. The van der Waals surface area contributed by atoms with Crippen molar-refractivity contribution >= 4 is 23.5 Å². The molecule has 0 unspecified atom stereocenters. The Balaban J connectivity index is 1.95. The van der Waals surface area contributed by atoms with Crippen molar-refractivity contribution in [3.05, 3.63) is 57.9 Å². The highest BCUT2D eigenvalue weighted by molar-refractivity contribution is 6.30. The van der Waals surface area contributed by atoms with Gasteiger partial charge in [0.15, 0.2) is 6.61 Å². The average molecular weight is 377 g/mol. The summed E-state index contributed by atoms with van der Waals surface area (Å²) in [7, 11) is 0. The van der Waals surface area contributed by atoms with Crippen LogP contribution < -0.4 is 5.32 Å². The third kappa shape index (κ3) is 4.67. The molecule has 2 rings (SSSR count). The number of halogens is 1. The van der Waals surface area contributed by atoms with Gasteiger partial charge in [-0.25, -0.2) is 4.79 Å². The van der Waals surface area contributed by atoms with Crippen molar-refractivity contribution in [2.45, 2.75) is 46.7 Å². The van der Waals surface area contributed by atoms with Gasteiger partial charge >= 0.3 is 5.97 Å². The largest absolute Gasteiger partial charge is 0.452 e. The molecule has 0 saturated carbocycles. The van der Waals surface area contributed by atoms with E-state index < -0.39 is 5.97 Å².